The largest absolute Gasteiger partial charge is 0.383 e. The van der Waals surface area contributed by atoms with Crippen molar-refractivity contribution >= 4 is 15.9 Å². The van der Waals surface area contributed by atoms with Gasteiger partial charge in [-0.3, -0.25) is 4.79 Å². The quantitative estimate of drug-likeness (QED) is 0.790. The van der Waals surface area contributed by atoms with E-state index in [1.165, 1.54) is 7.11 Å². The maximum atomic E-state index is 12.6. The van der Waals surface area contributed by atoms with Crippen LogP contribution in [0.5, 0.6) is 0 Å². The summed E-state index contributed by atoms with van der Waals surface area (Å²) in [6.45, 7) is 3.51. The molecule has 6 nitrogen and oxygen atoms in total. The van der Waals surface area contributed by atoms with Crippen LogP contribution < -0.4 is 5.73 Å². The van der Waals surface area contributed by atoms with Gasteiger partial charge in [0.15, 0.2) is 0 Å². The van der Waals surface area contributed by atoms with Gasteiger partial charge in [0.1, 0.15) is 0 Å². The smallest absolute Gasteiger partial charge is 0.243 e. The molecule has 0 aliphatic carbocycles. The number of sulfonamides is 1. The molecule has 7 heteroatoms. The zero-order valence-electron chi connectivity index (χ0n) is 11.9. The molecule has 1 aromatic carbocycles. The minimum Gasteiger partial charge on any atom is -0.383 e. The van der Waals surface area contributed by atoms with Crippen LogP contribution in [-0.2, 0) is 19.6 Å². The summed E-state index contributed by atoms with van der Waals surface area (Å²) in [6, 6.07) is 5.05. The lowest BCUT2D eigenvalue weighted by Crippen LogP contribution is -2.40. The number of benzene rings is 1. The van der Waals surface area contributed by atoms with Crippen LogP contribution in [0, 0.1) is 13.8 Å². The Bertz CT molecular complexity index is 584. The molecule has 0 bridgehead atoms. The predicted octanol–water partition coefficient (Wildman–Crippen LogP) is 0.426. The van der Waals surface area contributed by atoms with Crippen LogP contribution >= 0.6 is 0 Å². The van der Waals surface area contributed by atoms with Gasteiger partial charge in [0, 0.05) is 13.7 Å². The van der Waals surface area contributed by atoms with E-state index in [4.69, 9.17) is 10.5 Å². The van der Waals surface area contributed by atoms with Crippen molar-refractivity contribution in [3.63, 3.8) is 0 Å². The van der Waals surface area contributed by atoms with Crippen molar-refractivity contribution in [3.05, 3.63) is 29.3 Å². The zero-order valence-corrected chi connectivity index (χ0v) is 12.7. The molecule has 0 unspecified atom stereocenters. The molecule has 0 atom stereocenters. The van der Waals surface area contributed by atoms with E-state index in [0.29, 0.717) is 5.56 Å². The first-order valence-electron chi connectivity index (χ1n) is 6.13. The van der Waals surface area contributed by atoms with Gasteiger partial charge in [-0.15, -0.1) is 0 Å². The third kappa shape index (κ3) is 4.03. The first-order valence-corrected chi connectivity index (χ1v) is 7.57. The lowest BCUT2D eigenvalue weighted by molar-refractivity contribution is -0.118. The summed E-state index contributed by atoms with van der Waals surface area (Å²) in [7, 11) is -2.30. The number of aryl methyl sites for hydroxylation is 2. The van der Waals surface area contributed by atoms with Gasteiger partial charge in [0.2, 0.25) is 15.9 Å². The van der Waals surface area contributed by atoms with E-state index in [0.717, 1.165) is 9.87 Å². The van der Waals surface area contributed by atoms with Gasteiger partial charge in [-0.25, -0.2) is 8.42 Å². The Kier molecular flexibility index (Phi) is 5.67. The molecule has 0 aliphatic rings. The van der Waals surface area contributed by atoms with Crippen LogP contribution in [0.25, 0.3) is 0 Å². The standard InChI is InChI=1S/C13H20N2O4S/c1-10-4-5-12(11(2)8-10)20(17,18)15(6-7-19-3)9-13(14)16/h4-5,8H,6-7,9H2,1-3H3,(H2,14,16). The normalized spacial score (nSPS) is 11.8. The second-order valence-electron chi connectivity index (χ2n) is 4.57. The number of nitrogens with zero attached hydrogens (tertiary/aromatic N) is 1. The molecule has 0 aliphatic heterocycles. The maximum Gasteiger partial charge on any atom is 0.243 e. The van der Waals surface area contributed by atoms with Crippen molar-refractivity contribution in [2.45, 2.75) is 18.7 Å². The van der Waals surface area contributed by atoms with E-state index in [1.807, 2.05) is 6.92 Å². The summed E-state index contributed by atoms with van der Waals surface area (Å²) < 4.78 is 31.1. The van der Waals surface area contributed by atoms with Gasteiger partial charge in [-0.2, -0.15) is 4.31 Å². The Morgan fingerprint density at radius 3 is 2.50 bits per heavy atom. The summed E-state index contributed by atoms with van der Waals surface area (Å²) in [6.07, 6.45) is 0. The van der Waals surface area contributed by atoms with Gasteiger partial charge in [-0.1, -0.05) is 17.7 Å². The van der Waals surface area contributed by atoms with E-state index in [9.17, 15) is 13.2 Å². The number of rotatable bonds is 7. The van der Waals surface area contributed by atoms with Crippen LogP contribution in [0.3, 0.4) is 0 Å². The summed E-state index contributed by atoms with van der Waals surface area (Å²) in [5, 5.41) is 0. The van der Waals surface area contributed by atoms with E-state index in [-0.39, 0.29) is 24.6 Å². The number of carbonyl (C=O) groups is 1. The first-order chi connectivity index (χ1) is 9.28. The molecule has 0 heterocycles. The highest BCUT2D eigenvalue weighted by Crippen LogP contribution is 2.20. The molecule has 0 aromatic heterocycles. The first kappa shape index (κ1) is 16.6. The van der Waals surface area contributed by atoms with E-state index < -0.39 is 15.9 Å². The average Bonchev–Trinajstić information content (AvgIpc) is 2.33. The maximum absolute atomic E-state index is 12.6. The molecule has 1 amide bonds. The van der Waals surface area contributed by atoms with E-state index >= 15 is 0 Å². The van der Waals surface area contributed by atoms with Crippen LogP contribution in [-0.4, -0.2) is 45.4 Å². The topological polar surface area (TPSA) is 89.7 Å². The molecule has 1 rings (SSSR count). The fourth-order valence-corrected chi connectivity index (χ4v) is 3.48. The van der Waals surface area contributed by atoms with E-state index in [2.05, 4.69) is 0 Å². The Morgan fingerprint density at radius 2 is 2.00 bits per heavy atom. The Balaban J connectivity index is 3.17. The minimum absolute atomic E-state index is 0.0785. The molecule has 0 saturated carbocycles. The number of methoxy groups -OCH3 is 1. The van der Waals surface area contributed by atoms with Gasteiger partial charge < -0.3 is 10.5 Å². The highest BCUT2D eigenvalue weighted by molar-refractivity contribution is 7.89. The highest BCUT2D eigenvalue weighted by Gasteiger charge is 2.27. The summed E-state index contributed by atoms with van der Waals surface area (Å²) in [5.74, 6) is -0.700. The minimum atomic E-state index is -3.76. The third-order valence-corrected chi connectivity index (χ3v) is 4.83. The number of hydrogen-bond donors (Lipinski definition) is 1. The second-order valence-corrected chi connectivity index (χ2v) is 6.47. The van der Waals surface area contributed by atoms with Gasteiger partial charge in [0.25, 0.3) is 0 Å². The second kappa shape index (κ2) is 6.83. The van der Waals surface area contributed by atoms with Crippen molar-refractivity contribution in [2.75, 3.05) is 26.8 Å². The van der Waals surface area contributed by atoms with Gasteiger partial charge >= 0.3 is 0 Å². The molecule has 0 fully saturated rings. The number of amides is 1. The molecule has 1 aromatic rings. The summed E-state index contributed by atoms with van der Waals surface area (Å²) >= 11 is 0. The van der Waals surface area contributed by atoms with Crippen molar-refractivity contribution in [1.82, 2.24) is 4.31 Å². The molecular formula is C13H20N2O4S. The molecule has 0 radical (unpaired) electrons. The fraction of sp³-hybridized carbons (Fsp3) is 0.462. The Labute approximate surface area is 119 Å². The molecule has 2 N–H and O–H groups in total. The van der Waals surface area contributed by atoms with Gasteiger partial charge in [-0.05, 0) is 25.5 Å². The average molecular weight is 300 g/mol. The van der Waals surface area contributed by atoms with Crippen LogP contribution in [0.2, 0.25) is 0 Å². The van der Waals surface area contributed by atoms with Gasteiger partial charge in [0.05, 0.1) is 18.0 Å². The van der Waals surface area contributed by atoms with E-state index in [1.54, 1.807) is 25.1 Å². The van der Waals surface area contributed by atoms with Crippen molar-refractivity contribution < 1.29 is 17.9 Å². The third-order valence-electron chi connectivity index (χ3n) is 2.83. The SMILES string of the molecule is COCCN(CC(N)=O)S(=O)(=O)c1ccc(C)cc1C. The van der Waals surface area contributed by atoms with Crippen LogP contribution in [0.15, 0.2) is 23.1 Å². The predicted molar refractivity (Wildman–Crippen MR) is 75.7 cm³/mol. The van der Waals surface area contributed by atoms with Crippen LogP contribution in [0.1, 0.15) is 11.1 Å². The zero-order chi connectivity index (χ0) is 15.3. The molecule has 20 heavy (non-hydrogen) atoms. The van der Waals surface area contributed by atoms with Crippen molar-refractivity contribution in [3.8, 4) is 0 Å². The number of ether oxygens (including phenoxy) is 1. The highest BCUT2D eigenvalue weighted by atomic mass is 32.2. The molecule has 0 saturated heterocycles. The Hall–Kier alpha value is -1.44. The lowest BCUT2D eigenvalue weighted by Gasteiger charge is -2.21. The number of carbonyl (C=O) groups excluding carboxylic acids is 1. The molecule has 0 spiro atoms. The monoisotopic (exact) mass is 300 g/mol. The lowest BCUT2D eigenvalue weighted by atomic mass is 10.2. The molecular weight excluding hydrogens is 280 g/mol. The number of hydrogen-bond acceptors (Lipinski definition) is 4. The molecule has 112 valence electrons. The van der Waals surface area contributed by atoms with Crippen molar-refractivity contribution in [1.29, 1.82) is 0 Å². The summed E-state index contributed by atoms with van der Waals surface area (Å²) in [5.41, 5.74) is 6.72. The van der Waals surface area contributed by atoms with Crippen molar-refractivity contribution in [2.24, 2.45) is 5.73 Å². The summed E-state index contributed by atoms with van der Waals surface area (Å²) in [4.78, 5) is 11.2. The Morgan fingerprint density at radius 1 is 1.35 bits per heavy atom. The fourth-order valence-electron chi connectivity index (χ4n) is 1.88. The number of nitrogens with two attached hydrogens (primary N) is 1. The van der Waals surface area contributed by atoms with Crippen LogP contribution in [0.4, 0.5) is 0 Å². The number of primary amides is 1.